The molecular weight excluding hydrogens is 496 g/mol. The number of rotatable bonds is 9. The number of carbonyl (C=O) groups excluding carboxylic acids is 1. The van der Waals surface area contributed by atoms with Crippen LogP contribution >= 0.6 is 11.3 Å². The zero-order valence-electron chi connectivity index (χ0n) is 21.1. The molecule has 194 valence electrons. The Balaban J connectivity index is 1.61. The first-order chi connectivity index (χ1) is 17.3. The number of aromatic nitrogens is 1. The fourth-order valence-electron chi connectivity index (χ4n) is 4.38. The number of anilines is 1. The highest BCUT2D eigenvalue weighted by molar-refractivity contribution is 7.89. The summed E-state index contributed by atoms with van der Waals surface area (Å²) >= 11 is 1.44. The highest BCUT2D eigenvalue weighted by Gasteiger charge is 2.27. The van der Waals surface area contributed by atoms with Gasteiger partial charge >= 0.3 is 0 Å². The van der Waals surface area contributed by atoms with E-state index in [1.165, 1.54) is 11.3 Å². The number of hydrogen-bond donors (Lipinski definition) is 0. The highest BCUT2D eigenvalue weighted by Crippen LogP contribution is 2.35. The molecule has 1 amide bonds. The van der Waals surface area contributed by atoms with Crippen LogP contribution in [0.2, 0.25) is 0 Å². The molecule has 0 unspecified atom stereocenters. The number of nitrogens with zero attached hydrogens (tertiary/aromatic N) is 4. The molecule has 1 aromatic heterocycles. The number of fused-ring (bicyclic) bond motifs is 1. The van der Waals surface area contributed by atoms with E-state index in [0.717, 1.165) is 48.9 Å². The Hall–Kier alpha value is -2.53. The van der Waals surface area contributed by atoms with Gasteiger partial charge in [0.15, 0.2) is 5.13 Å². The number of amides is 1. The van der Waals surface area contributed by atoms with Gasteiger partial charge in [-0.3, -0.25) is 9.69 Å². The Labute approximate surface area is 217 Å². The first kappa shape index (κ1) is 26.5. The van der Waals surface area contributed by atoms with Gasteiger partial charge in [-0.2, -0.15) is 4.31 Å². The predicted octanol–water partition coefficient (Wildman–Crippen LogP) is 4.47. The van der Waals surface area contributed by atoms with Crippen molar-refractivity contribution in [1.29, 1.82) is 0 Å². The predicted molar refractivity (Wildman–Crippen MR) is 145 cm³/mol. The van der Waals surface area contributed by atoms with Crippen molar-refractivity contribution in [2.24, 2.45) is 0 Å². The molecule has 0 aliphatic carbocycles. The van der Waals surface area contributed by atoms with Crippen molar-refractivity contribution in [3.63, 3.8) is 0 Å². The maximum Gasteiger partial charge on any atom is 0.260 e. The number of methoxy groups -OCH3 is 1. The van der Waals surface area contributed by atoms with Crippen molar-refractivity contribution in [2.75, 3.05) is 52.3 Å². The van der Waals surface area contributed by atoms with E-state index >= 15 is 0 Å². The second kappa shape index (κ2) is 11.7. The van der Waals surface area contributed by atoms with Crippen molar-refractivity contribution in [3.05, 3.63) is 48.0 Å². The number of carbonyl (C=O) groups is 1. The highest BCUT2D eigenvalue weighted by atomic mass is 32.2. The van der Waals surface area contributed by atoms with Gasteiger partial charge in [-0.25, -0.2) is 13.4 Å². The molecule has 8 nitrogen and oxygen atoms in total. The lowest BCUT2D eigenvalue weighted by Gasteiger charge is -2.22. The van der Waals surface area contributed by atoms with E-state index in [1.54, 1.807) is 40.6 Å². The number of thiazole rings is 1. The van der Waals surface area contributed by atoms with Gasteiger partial charge in [0.05, 0.1) is 16.7 Å². The maximum absolute atomic E-state index is 13.6. The van der Waals surface area contributed by atoms with Gasteiger partial charge in [-0.05, 0) is 76.3 Å². The Kier molecular flexibility index (Phi) is 8.61. The zero-order valence-corrected chi connectivity index (χ0v) is 22.8. The minimum Gasteiger partial charge on any atom is -0.494 e. The number of benzene rings is 2. The van der Waals surface area contributed by atoms with Crippen LogP contribution in [0.3, 0.4) is 0 Å². The fourth-order valence-corrected chi connectivity index (χ4v) is 6.90. The van der Waals surface area contributed by atoms with E-state index in [2.05, 4.69) is 4.90 Å². The van der Waals surface area contributed by atoms with Crippen LogP contribution in [0.4, 0.5) is 5.13 Å². The molecule has 10 heteroatoms. The number of sulfonamides is 1. The lowest BCUT2D eigenvalue weighted by molar-refractivity contribution is 0.0986. The maximum atomic E-state index is 13.6. The third-order valence-electron chi connectivity index (χ3n) is 6.36. The fraction of sp³-hybridized carbons (Fsp3) is 0.462. The molecule has 1 saturated heterocycles. The van der Waals surface area contributed by atoms with E-state index < -0.39 is 10.0 Å². The third kappa shape index (κ3) is 5.88. The summed E-state index contributed by atoms with van der Waals surface area (Å²) in [4.78, 5) is 22.4. The lowest BCUT2D eigenvalue weighted by atomic mass is 10.2. The van der Waals surface area contributed by atoms with Crippen LogP contribution in [0.5, 0.6) is 5.75 Å². The summed E-state index contributed by atoms with van der Waals surface area (Å²) in [5.74, 6) is 0.462. The minimum absolute atomic E-state index is 0.203. The normalized spacial score (nSPS) is 15.2. The molecular formula is C26H34N4O4S2. The number of ether oxygens (including phenoxy) is 1. The third-order valence-corrected chi connectivity index (χ3v) is 9.31. The van der Waals surface area contributed by atoms with Gasteiger partial charge in [-0.15, -0.1) is 0 Å². The van der Waals surface area contributed by atoms with E-state index in [4.69, 9.17) is 9.72 Å². The quantitative estimate of drug-likeness (QED) is 0.406. The molecule has 2 aromatic carbocycles. The molecule has 2 heterocycles. The molecule has 1 fully saturated rings. The van der Waals surface area contributed by atoms with Crippen LogP contribution in [0.1, 0.15) is 42.5 Å². The summed E-state index contributed by atoms with van der Waals surface area (Å²) in [6.07, 6.45) is 4.64. The van der Waals surface area contributed by atoms with Gasteiger partial charge in [0.25, 0.3) is 5.91 Å². The molecule has 4 rings (SSSR count). The van der Waals surface area contributed by atoms with E-state index in [9.17, 15) is 13.2 Å². The van der Waals surface area contributed by atoms with Crippen LogP contribution in [-0.2, 0) is 10.0 Å². The van der Waals surface area contributed by atoms with E-state index in [1.807, 2.05) is 32.3 Å². The van der Waals surface area contributed by atoms with Crippen molar-refractivity contribution < 1.29 is 17.9 Å². The standard InChI is InChI=1S/C26H34N4O4S2/c1-28(2)16-9-19-30(26-27-24-22(34-3)10-8-11-23(24)35-26)25(31)20-12-14-21(15-13-20)36(32,33)29-17-6-4-5-7-18-29/h8,10-15H,4-7,9,16-19H2,1-3H3. The smallest absolute Gasteiger partial charge is 0.260 e. The zero-order chi connectivity index (χ0) is 25.7. The molecule has 0 saturated carbocycles. The summed E-state index contributed by atoms with van der Waals surface area (Å²) in [5, 5.41) is 0.597. The van der Waals surface area contributed by atoms with Crippen LogP contribution in [0, 0.1) is 0 Å². The Morgan fingerprint density at radius 1 is 1.03 bits per heavy atom. The Morgan fingerprint density at radius 3 is 2.36 bits per heavy atom. The monoisotopic (exact) mass is 530 g/mol. The Bertz CT molecular complexity index is 1280. The second-order valence-corrected chi connectivity index (χ2v) is 12.2. The molecule has 0 radical (unpaired) electrons. The molecule has 0 bridgehead atoms. The Morgan fingerprint density at radius 2 is 1.72 bits per heavy atom. The largest absolute Gasteiger partial charge is 0.494 e. The topological polar surface area (TPSA) is 83.0 Å². The second-order valence-electron chi connectivity index (χ2n) is 9.26. The van der Waals surface area contributed by atoms with Gasteiger partial charge in [0.2, 0.25) is 10.0 Å². The summed E-state index contributed by atoms with van der Waals surface area (Å²) in [6, 6.07) is 12.0. The molecule has 36 heavy (non-hydrogen) atoms. The van der Waals surface area contributed by atoms with Crippen LogP contribution in [0.25, 0.3) is 10.2 Å². The molecule has 0 N–H and O–H groups in total. The average molecular weight is 531 g/mol. The van der Waals surface area contributed by atoms with Gasteiger partial charge in [0.1, 0.15) is 11.3 Å². The van der Waals surface area contributed by atoms with Crippen molar-refractivity contribution in [3.8, 4) is 5.75 Å². The molecule has 0 atom stereocenters. The van der Waals surface area contributed by atoms with Crippen LogP contribution < -0.4 is 9.64 Å². The van der Waals surface area contributed by atoms with E-state index in [0.29, 0.717) is 36.1 Å². The van der Waals surface area contributed by atoms with Gasteiger partial charge < -0.3 is 9.64 Å². The minimum atomic E-state index is -3.57. The number of para-hydroxylation sites is 1. The van der Waals surface area contributed by atoms with Crippen molar-refractivity contribution in [1.82, 2.24) is 14.2 Å². The van der Waals surface area contributed by atoms with Crippen LogP contribution in [-0.4, -0.2) is 75.9 Å². The summed E-state index contributed by atoms with van der Waals surface area (Å²) in [5.41, 5.74) is 1.16. The molecule has 1 aliphatic heterocycles. The average Bonchev–Trinajstić information content (AvgIpc) is 3.10. The SMILES string of the molecule is COc1cccc2sc(N(CCCN(C)C)C(=O)c3ccc(S(=O)(=O)N4CCCCCC4)cc3)nc12. The van der Waals surface area contributed by atoms with Crippen molar-refractivity contribution in [2.45, 2.75) is 37.0 Å². The van der Waals surface area contributed by atoms with Gasteiger partial charge in [0, 0.05) is 25.2 Å². The lowest BCUT2D eigenvalue weighted by Crippen LogP contribution is -2.34. The summed E-state index contributed by atoms with van der Waals surface area (Å²) < 4.78 is 34.3. The van der Waals surface area contributed by atoms with Gasteiger partial charge in [-0.1, -0.05) is 30.2 Å². The first-order valence-electron chi connectivity index (χ1n) is 12.3. The molecule has 3 aromatic rings. The number of hydrogen-bond acceptors (Lipinski definition) is 7. The van der Waals surface area contributed by atoms with Crippen LogP contribution in [0.15, 0.2) is 47.4 Å². The summed E-state index contributed by atoms with van der Waals surface area (Å²) in [7, 11) is 2.03. The summed E-state index contributed by atoms with van der Waals surface area (Å²) in [6.45, 7) is 2.41. The van der Waals surface area contributed by atoms with E-state index in [-0.39, 0.29) is 10.8 Å². The first-order valence-corrected chi connectivity index (χ1v) is 14.6. The molecule has 0 spiro atoms. The van der Waals surface area contributed by atoms with Crippen molar-refractivity contribution >= 4 is 42.6 Å². The molecule has 1 aliphatic rings.